The van der Waals surface area contributed by atoms with Crippen molar-refractivity contribution in [2.45, 2.75) is 45.4 Å². The van der Waals surface area contributed by atoms with Crippen molar-refractivity contribution in [3.63, 3.8) is 0 Å². The van der Waals surface area contributed by atoms with E-state index in [2.05, 4.69) is 0 Å². The molecule has 1 fully saturated rings. The smallest absolute Gasteiger partial charge is 0.262 e. The average molecular weight is 280 g/mol. The molecule has 8 heteroatoms. The predicted molar refractivity (Wildman–Crippen MR) is 64.7 cm³/mol. The third-order valence-corrected chi connectivity index (χ3v) is 5.17. The maximum absolute atomic E-state index is 11.7. The SMILES string of the molecule is CC1[C@H](C(=O)NO)N(S(=O)O)C(C)C(C)(O)[C@H]1C. The molecule has 7 nitrogen and oxygen atoms in total. The average Bonchev–Trinajstić information content (AvgIpc) is 2.30. The van der Waals surface area contributed by atoms with Gasteiger partial charge in [0.05, 0.1) is 11.6 Å². The lowest BCUT2D eigenvalue weighted by Crippen LogP contribution is -2.68. The molecular formula is C10H20N2O5S. The molecule has 1 aliphatic heterocycles. The van der Waals surface area contributed by atoms with E-state index in [1.165, 1.54) is 5.48 Å². The Morgan fingerprint density at radius 3 is 2.28 bits per heavy atom. The van der Waals surface area contributed by atoms with Gasteiger partial charge < -0.3 is 5.11 Å². The van der Waals surface area contributed by atoms with Gasteiger partial charge in [0.1, 0.15) is 6.04 Å². The molecular weight excluding hydrogens is 260 g/mol. The van der Waals surface area contributed by atoms with Crippen molar-refractivity contribution in [1.82, 2.24) is 9.79 Å². The molecule has 4 unspecified atom stereocenters. The molecule has 0 aromatic rings. The second kappa shape index (κ2) is 5.22. The van der Waals surface area contributed by atoms with Gasteiger partial charge in [0.25, 0.3) is 5.91 Å². The number of nitrogens with one attached hydrogen (secondary N) is 1. The minimum Gasteiger partial charge on any atom is -0.388 e. The highest BCUT2D eigenvalue weighted by Crippen LogP contribution is 2.40. The number of hydroxylamine groups is 1. The molecule has 4 N–H and O–H groups in total. The quantitative estimate of drug-likeness (QED) is 0.316. The van der Waals surface area contributed by atoms with Crippen LogP contribution in [0.25, 0.3) is 0 Å². The monoisotopic (exact) mass is 280 g/mol. The van der Waals surface area contributed by atoms with E-state index in [0.29, 0.717) is 0 Å². The first kappa shape index (κ1) is 15.5. The molecule has 106 valence electrons. The second-order valence-corrected chi connectivity index (χ2v) is 5.94. The number of amides is 1. The first-order valence-electron chi connectivity index (χ1n) is 5.71. The Kier molecular flexibility index (Phi) is 4.50. The van der Waals surface area contributed by atoms with Crippen LogP contribution in [-0.2, 0) is 16.1 Å². The van der Waals surface area contributed by atoms with Crippen LogP contribution in [0.15, 0.2) is 0 Å². The molecule has 0 radical (unpaired) electrons. The van der Waals surface area contributed by atoms with Gasteiger partial charge in [0.15, 0.2) is 0 Å². The highest BCUT2D eigenvalue weighted by Gasteiger charge is 2.54. The first-order chi connectivity index (χ1) is 8.16. The Hall–Kier alpha value is -0.540. The van der Waals surface area contributed by atoms with E-state index in [0.717, 1.165) is 4.31 Å². The van der Waals surface area contributed by atoms with Crippen LogP contribution in [0.3, 0.4) is 0 Å². The van der Waals surface area contributed by atoms with Gasteiger partial charge in [-0.25, -0.2) is 9.69 Å². The van der Waals surface area contributed by atoms with Crippen LogP contribution in [0, 0.1) is 11.8 Å². The van der Waals surface area contributed by atoms with Crippen molar-refractivity contribution in [1.29, 1.82) is 0 Å². The summed E-state index contributed by atoms with van der Waals surface area (Å²) in [6.45, 7) is 6.63. The molecule has 6 atom stereocenters. The number of nitrogens with zero attached hydrogens (tertiary/aromatic N) is 1. The van der Waals surface area contributed by atoms with Gasteiger partial charge >= 0.3 is 0 Å². The molecule has 1 amide bonds. The molecule has 0 aliphatic carbocycles. The summed E-state index contributed by atoms with van der Waals surface area (Å²) in [5.41, 5.74) is 0.306. The fourth-order valence-electron chi connectivity index (χ4n) is 2.57. The zero-order valence-electron chi connectivity index (χ0n) is 10.8. The van der Waals surface area contributed by atoms with Crippen LogP contribution < -0.4 is 5.48 Å². The number of carbonyl (C=O) groups is 1. The lowest BCUT2D eigenvalue weighted by molar-refractivity contribution is -0.152. The number of rotatable bonds is 2. The van der Waals surface area contributed by atoms with Gasteiger partial charge in [0, 0.05) is 0 Å². The van der Waals surface area contributed by atoms with E-state index in [1.807, 2.05) is 0 Å². The fraction of sp³-hybridized carbons (Fsp3) is 0.900. The summed E-state index contributed by atoms with van der Waals surface area (Å²) in [4.78, 5) is 11.7. The standard InChI is InChI=1S/C10H20N2O5S/c1-5-6(2)10(4,14)7(3)12(18(16)17)8(5)9(13)11-15/h5-8,14-15H,1-4H3,(H,11,13)(H,16,17)/t5?,6-,7?,8+,10?/m0/s1. The second-order valence-electron chi connectivity index (χ2n) is 5.06. The normalized spacial score (nSPS) is 43.5. The minimum absolute atomic E-state index is 0.269. The van der Waals surface area contributed by atoms with Crippen LogP contribution in [0.4, 0.5) is 0 Å². The van der Waals surface area contributed by atoms with E-state index in [1.54, 1.807) is 27.7 Å². The maximum Gasteiger partial charge on any atom is 0.262 e. The highest BCUT2D eigenvalue weighted by molar-refractivity contribution is 7.76. The van der Waals surface area contributed by atoms with Gasteiger partial charge in [-0.1, -0.05) is 13.8 Å². The van der Waals surface area contributed by atoms with Crippen molar-refractivity contribution in [2.75, 3.05) is 0 Å². The van der Waals surface area contributed by atoms with E-state index in [9.17, 15) is 18.7 Å². The summed E-state index contributed by atoms with van der Waals surface area (Å²) in [7, 11) is 0. The van der Waals surface area contributed by atoms with Crippen molar-refractivity contribution < 1.29 is 23.9 Å². The van der Waals surface area contributed by atoms with E-state index >= 15 is 0 Å². The Morgan fingerprint density at radius 2 is 1.89 bits per heavy atom. The largest absolute Gasteiger partial charge is 0.388 e. The van der Waals surface area contributed by atoms with E-state index < -0.39 is 34.9 Å². The third-order valence-electron chi connectivity index (χ3n) is 4.27. The molecule has 18 heavy (non-hydrogen) atoms. The van der Waals surface area contributed by atoms with E-state index in [-0.39, 0.29) is 11.8 Å². The molecule has 1 saturated heterocycles. The molecule has 0 bridgehead atoms. The lowest BCUT2D eigenvalue weighted by Gasteiger charge is -2.52. The highest BCUT2D eigenvalue weighted by atomic mass is 32.2. The summed E-state index contributed by atoms with van der Waals surface area (Å²) in [6, 6.07) is -1.66. The van der Waals surface area contributed by atoms with Crippen LogP contribution >= 0.6 is 0 Å². The van der Waals surface area contributed by atoms with Crippen LogP contribution in [0.2, 0.25) is 0 Å². The van der Waals surface area contributed by atoms with Gasteiger partial charge in [-0.2, -0.15) is 4.31 Å². The van der Waals surface area contributed by atoms with Gasteiger partial charge in [-0.3, -0.25) is 14.6 Å². The molecule has 0 saturated carbocycles. The van der Waals surface area contributed by atoms with Crippen LogP contribution in [0.1, 0.15) is 27.7 Å². The van der Waals surface area contributed by atoms with E-state index in [4.69, 9.17) is 5.21 Å². The van der Waals surface area contributed by atoms with Crippen molar-refractivity contribution in [3.8, 4) is 0 Å². The molecule has 1 heterocycles. The van der Waals surface area contributed by atoms with Crippen molar-refractivity contribution in [2.24, 2.45) is 11.8 Å². The predicted octanol–water partition coefficient (Wildman–Crippen LogP) is -0.276. The van der Waals surface area contributed by atoms with Gasteiger partial charge in [-0.05, 0) is 25.7 Å². The van der Waals surface area contributed by atoms with Crippen molar-refractivity contribution in [3.05, 3.63) is 0 Å². The zero-order valence-corrected chi connectivity index (χ0v) is 11.6. The van der Waals surface area contributed by atoms with Gasteiger partial charge in [0.2, 0.25) is 11.3 Å². The number of carbonyl (C=O) groups excluding carboxylic acids is 1. The zero-order chi connectivity index (χ0) is 14.2. The summed E-state index contributed by atoms with van der Waals surface area (Å²) in [5.74, 6) is -1.41. The molecule has 0 aromatic carbocycles. The Balaban J connectivity index is 3.23. The number of piperidine rings is 1. The lowest BCUT2D eigenvalue weighted by atomic mass is 9.70. The molecule has 0 spiro atoms. The Labute approximate surface area is 109 Å². The summed E-state index contributed by atoms with van der Waals surface area (Å²) < 4.78 is 21.7. The molecule has 0 aromatic heterocycles. The Bertz CT molecular complexity index is 362. The summed E-state index contributed by atoms with van der Waals surface area (Å²) in [6.07, 6.45) is 0. The Morgan fingerprint density at radius 1 is 1.39 bits per heavy atom. The molecule has 1 aliphatic rings. The third kappa shape index (κ3) is 2.30. The maximum atomic E-state index is 11.7. The van der Waals surface area contributed by atoms with Crippen LogP contribution in [-0.4, -0.2) is 47.0 Å². The summed E-state index contributed by atoms with van der Waals surface area (Å²) in [5, 5.41) is 19.1. The summed E-state index contributed by atoms with van der Waals surface area (Å²) >= 11 is -2.42. The minimum atomic E-state index is -2.42. The first-order valence-corrected chi connectivity index (χ1v) is 6.78. The topological polar surface area (TPSA) is 110 Å². The van der Waals surface area contributed by atoms with Crippen LogP contribution in [0.5, 0.6) is 0 Å². The molecule has 1 rings (SSSR count). The van der Waals surface area contributed by atoms with Crippen molar-refractivity contribution >= 4 is 17.2 Å². The fourth-order valence-corrected chi connectivity index (χ4v) is 3.54. The number of hydrogen-bond donors (Lipinski definition) is 4. The number of aliphatic hydroxyl groups is 1. The number of hydrogen-bond acceptors (Lipinski definition) is 4. The van der Waals surface area contributed by atoms with Gasteiger partial charge in [-0.15, -0.1) is 0 Å².